The first-order valence-corrected chi connectivity index (χ1v) is 8.73. The van der Waals surface area contributed by atoms with Crippen molar-refractivity contribution in [1.82, 2.24) is 0 Å². The molecule has 1 atom stereocenters. The average Bonchev–Trinajstić information content (AvgIpc) is 3.13. The fourth-order valence-corrected chi connectivity index (χ4v) is 3.81. The number of nitrogens with zero attached hydrogens (tertiary/aromatic N) is 3. The quantitative estimate of drug-likeness (QED) is 0.718. The first-order valence-electron chi connectivity index (χ1n) is 8.73. The second-order valence-electron chi connectivity index (χ2n) is 6.61. The lowest BCUT2D eigenvalue weighted by Gasteiger charge is -2.24. The highest BCUT2D eigenvalue weighted by Crippen LogP contribution is 2.36. The first-order chi connectivity index (χ1) is 11.4. The molecule has 1 fully saturated rings. The number of benzene rings is 2. The van der Waals surface area contributed by atoms with E-state index < -0.39 is 0 Å². The number of anilines is 1. The molecule has 2 aromatic carbocycles. The Morgan fingerprint density at radius 3 is 2.26 bits per heavy atom. The summed E-state index contributed by atoms with van der Waals surface area (Å²) in [5, 5.41) is 10.7. The van der Waals surface area contributed by atoms with Gasteiger partial charge in [0.1, 0.15) is 6.04 Å². The Morgan fingerprint density at radius 1 is 0.783 bits per heavy atom. The summed E-state index contributed by atoms with van der Waals surface area (Å²) in [5.41, 5.74) is 3.90. The maximum absolute atomic E-state index is 4.36. The minimum Gasteiger partial charge on any atom is -0.238 e. The van der Waals surface area contributed by atoms with Gasteiger partial charge in [0.25, 0.3) is 0 Å². The van der Waals surface area contributed by atoms with Gasteiger partial charge in [-0.2, -0.15) is 5.11 Å². The summed E-state index contributed by atoms with van der Waals surface area (Å²) < 4.78 is 0. The monoisotopic (exact) mass is 305 g/mol. The molecule has 0 radical (unpaired) electrons. The molecule has 0 saturated heterocycles. The van der Waals surface area contributed by atoms with Crippen LogP contribution in [0.1, 0.15) is 55.2 Å². The van der Waals surface area contributed by atoms with Gasteiger partial charge in [0.05, 0.1) is 12.2 Å². The second kappa shape index (κ2) is 6.53. The van der Waals surface area contributed by atoms with E-state index in [1.807, 2.05) is 0 Å². The van der Waals surface area contributed by atoms with Crippen LogP contribution in [0.2, 0.25) is 0 Å². The van der Waals surface area contributed by atoms with Crippen LogP contribution in [0, 0.1) is 0 Å². The van der Waals surface area contributed by atoms with Crippen LogP contribution in [0.4, 0.5) is 5.69 Å². The van der Waals surface area contributed by atoms with Crippen LogP contribution in [0.3, 0.4) is 0 Å². The van der Waals surface area contributed by atoms with E-state index in [2.05, 4.69) is 69.9 Å². The number of rotatable bonds is 3. The average molecular weight is 305 g/mol. The minimum atomic E-state index is 0.219. The highest BCUT2D eigenvalue weighted by atomic mass is 15.6. The molecule has 0 spiro atoms. The number of hydrogen-bond acceptors (Lipinski definition) is 3. The van der Waals surface area contributed by atoms with Gasteiger partial charge in [0, 0.05) is 0 Å². The van der Waals surface area contributed by atoms with Crippen molar-refractivity contribution in [3.8, 4) is 0 Å². The molecule has 1 aliphatic carbocycles. The van der Waals surface area contributed by atoms with Gasteiger partial charge in [-0.1, -0.05) is 67.0 Å². The highest BCUT2D eigenvalue weighted by Gasteiger charge is 2.25. The largest absolute Gasteiger partial charge is 0.238 e. The van der Waals surface area contributed by atoms with Crippen molar-refractivity contribution in [3.63, 3.8) is 0 Å². The SMILES string of the molecule is c1ccc(C2CN=NN2c2ccc(C3CCCCC3)cc2)cc1. The van der Waals surface area contributed by atoms with Gasteiger partial charge in [0.2, 0.25) is 0 Å². The summed E-state index contributed by atoms with van der Waals surface area (Å²) >= 11 is 0. The predicted molar refractivity (Wildman–Crippen MR) is 93.7 cm³/mol. The van der Waals surface area contributed by atoms with Crippen LogP contribution in [-0.2, 0) is 0 Å². The zero-order chi connectivity index (χ0) is 15.5. The van der Waals surface area contributed by atoms with Gasteiger partial charge in [-0.3, -0.25) is 0 Å². The standard InChI is InChI=1S/C20H23N3/c1-3-7-16(8-4-1)17-11-13-19(14-12-17)23-20(15-21-22-23)18-9-5-2-6-10-18/h2,5-6,9-14,16,20H,1,3-4,7-8,15H2. The van der Waals surface area contributed by atoms with Gasteiger partial charge < -0.3 is 0 Å². The molecular weight excluding hydrogens is 282 g/mol. The molecule has 2 aliphatic rings. The maximum Gasteiger partial charge on any atom is 0.101 e. The molecule has 4 rings (SSSR count). The molecule has 1 saturated carbocycles. The molecule has 0 aromatic heterocycles. The highest BCUT2D eigenvalue weighted by molar-refractivity contribution is 5.50. The fourth-order valence-electron chi connectivity index (χ4n) is 3.81. The summed E-state index contributed by atoms with van der Waals surface area (Å²) in [6.45, 7) is 0.731. The molecule has 1 unspecified atom stereocenters. The van der Waals surface area contributed by atoms with Crippen LogP contribution in [0.5, 0.6) is 0 Å². The molecule has 118 valence electrons. The molecule has 2 aromatic rings. The summed E-state index contributed by atoms with van der Waals surface area (Å²) in [7, 11) is 0. The van der Waals surface area contributed by atoms with Crippen LogP contribution in [0.25, 0.3) is 0 Å². The Morgan fingerprint density at radius 2 is 1.52 bits per heavy atom. The molecule has 1 heterocycles. The molecule has 0 bridgehead atoms. The van der Waals surface area contributed by atoms with Crippen molar-refractivity contribution in [3.05, 3.63) is 65.7 Å². The lowest BCUT2D eigenvalue weighted by molar-refractivity contribution is 0.443. The van der Waals surface area contributed by atoms with E-state index in [1.165, 1.54) is 43.2 Å². The third kappa shape index (κ3) is 3.00. The van der Waals surface area contributed by atoms with Crippen molar-refractivity contribution in [2.75, 3.05) is 11.6 Å². The maximum atomic E-state index is 4.36. The summed E-state index contributed by atoms with van der Waals surface area (Å²) in [6, 6.07) is 19.8. The molecule has 3 nitrogen and oxygen atoms in total. The van der Waals surface area contributed by atoms with Crippen molar-refractivity contribution < 1.29 is 0 Å². The summed E-state index contributed by atoms with van der Waals surface area (Å²) in [4.78, 5) is 0. The zero-order valence-corrected chi connectivity index (χ0v) is 13.4. The normalized spacial score (nSPS) is 21.7. The minimum absolute atomic E-state index is 0.219. The van der Waals surface area contributed by atoms with Crippen LogP contribution in [0.15, 0.2) is 64.9 Å². The number of hydrogen-bond donors (Lipinski definition) is 0. The van der Waals surface area contributed by atoms with E-state index in [0.717, 1.165) is 18.2 Å². The molecule has 3 heteroatoms. The molecular formula is C20H23N3. The van der Waals surface area contributed by atoms with Gasteiger partial charge in [-0.15, -0.1) is 0 Å². The Bertz CT molecular complexity index is 657. The Hall–Kier alpha value is -2.16. The van der Waals surface area contributed by atoms with Crippen LogP contribution < -0.4 is 5.01 Å². The third-order valence-corrected chi connectivity index (χ3v) is 5.13. The fraction of sp³-hybridized carbons (Fsp3) is 0.400. The molecule has 0 N–H and O–H groups in total. The lowest BCUT2D eigenvalue weighted by atomic mass is 9.84. The Kier molecular flexibility index (Phi) is 4.10. The van der Waals surface area contributed by atoms with E-state index in [-0.39, 0.29) is 6.04 Å². The van der Waals surface area contributed by atoms with Gasteiger partial charge in [-0.05, 0) is 42.0 Å². The van der Waals surface area contributed by atoms with E-state index in [9.17, 15) is 0 Å². The van der Waals surface area contributed by atoms with E-state index in [0.29, 0.717) is 0 Å². The van der Waals surface area contributed by atoms with Gasteiger partial charge in [-0.25, -0.2) is 5.01 Å². The third-order valence-electron chi connectivity index (χ3n) is 5.13. The van der Waals surface area contributed by atoms with Gasteiger partial charge >= 0.3 is 0 Å². The predicted octanol–water partition coefficient (Wildman–Crippen LogP) is 5.66. The molecule has 1 aliphatic heterocycles. The van der Waals surface area contributed by atoms with Crippen molar-refractivity contribution >= 4 is 5.69 Å². The van der Waals surface area contributed by atoms with Crippen molar-refractivity contribution in [2.24, 2.45) is 10.3 Å². The smallest absolute Gasteiger partial charge is 0.101 e. The van der Waals surface area contributed by atoms with E-state index in [1.54, 1.807) is 0 Å². The van der Waals surface area contributed by atoms with Crippen molar-refractivity contribution in [2.45, 2.75) is 44.1 Å². The first kappa shape index (κ1) is 14.4. The lowest BCUT2D eigenvalue weighted by Crippen LogP contribution is -2.20. The topological polar surface area (TPSA) is 28.0 Å². The van der Waals surface area contributed by atoms with E-state index in [4.69, 9.17) is 0 Å². The van der Waals surface area contributed by atoms with Gasteiger partial charge in [0.15, 0.2) is 0 Å². The summed E-state index contributed by atoms with van der Waals surface area (Å²) in [5.74, 6) is 0.753. The Balaban J connectivity index is 1.54. The molecule has 23 heavy (non-hydrogen) atoms. The summed E-state index contributed by atoms with van der Waals surface area (Å²) in [6.07, 6.45) is 6.85. The molecule has 0 amide bonds. The van der Waals surface area contributed by atoms with Crippen LogP contribution >= 0.6 is 0 Å². The van der Waals surface area contributed by atoms with Crippen molar-refractivity contribution in [1.29, 1.82) is 0 Å². The Labute approximate surface area is 138 Å². The zero-order valence-electron chi connectivity index (χ0n) is 13.4. The second-order valence-corrected chi connectivity index (χ2v) is 6.61. The van der Waals surface area contributed by atoms with E-state index >= 15 is 0 Å². The van der Waals surface area contributed by atoms with Crippen LogP contribution in [-0.4, -0.2) is 6.54 Å².